The highest BCUT2D eigenvalue weighted by molar-refractivity contribution is 7.93. The van der Waals surface area contributed by atoms with Crippen LogP contribution < -0.4 is 15.2 Å². The van der Waals surface area contributed by atoms with Crippen LogP contribution in [-0.2, 0) is 14.8 Å². The average Bonchev–Trinajstić information content (AvgIpc) is 2.27. The van der Waals surface area contributed by atoms with E-state index in [9.17, 15) is 13.2 Å². The number of nitrogens with one attached hydrogen (secondary N) is 1. The topological polar surface area (TPSA) is 98.5 Å². The Balaban J connectivity index is 2.69. The monoisotopic (exact) mass is 272 g/mol. The van der Waals surface area contributed by atoms with Gasteiger partial charge in [-0.2, -0.15) is 0 Å². The van der Waals surface area contributed by atoms with Crippen LogP contribution in [0.1, 0.15) is 13.8 Å². The second kappa shape index (κ2) is 5.72. The Kier molecular flexibility index (Phi) is 4.55. The van der Waals surface area contributed by atoms with Crippen molar-refractivity contribution >= 4 is 21.6 Å². The summed E-state index contributed by atoms with van der Waals surface area (Å²) in [4.78, 5) is 10.5. The molecule has 0 atom stereocenters. The summed E-state index contributed by atoms with van der Waals surface area (Å²) in [5.41, 5.74) is 5.37. The number of carbonyl (C=O) groups is 1. The molecule has 0 aromatic heterocycles. The van der Waals surface area contributed by atoms with E-state index >= 15 is 0 Å². The lowest BCUT2D eigenvalue weighted by molar-refractivity contribution is -0.119. The number of primary amides is 1. The Morgan fingerprint density at radius 3 is 2.33 bits per heavy atom. The highest BCUT2D eigenvalue weighted by Crippen LogP contribution is 2.17. The Bertz CT molecular complexity index is 508. The van der Waals surface area contributed by atoms with Crippen LogP contribution in [0.2, 0.25) is 0 Å². The molecule has 18 heavy (non-hydrogen) atoms. The second-order valence-corrected chi connectivity index (χ2v) is 6.21. The van der Waals surface area contributed by atoms with Gasteiger partial charge in [-0.1, -0.05) is 0 Å². The Morgan fingerprint density at radius 1 is 1.33 bits per heavy atom. The first-order valence-corrected chi connectivity index (χ1v) is 6.88. The minimum Gasteiger partial charge on any atom is -0.484 e. The van der Waals surface area contributed by atoms with Crippen LogP contribution in [0, 0.1) is 0 Å². The smallest absolute Gasteiger partial charge is 0.255 e. The number of rotatable bonds is 6. The number of carbonyl (C=O) groups excluding carboxylic acids is 1. The van der Waals surface area contributed by atoms with E-state index in [1.165, 1.54) is 0 Å². The van der Waals surface area contributed by atoms with Gasteiger partial charge in [0.15, 0.2) is 6.61 Å². The third-order valence-electron chi connectivity index (χ3n) is 2.12. The summed E-state index contributed by atoms with van der Waals surface area (Å²) in [5, 5.41) is -0.511. The van der Waals surface area contributed by atoms with Gasteiger partial charge in [0, 0.05) is 5.69 Å². The standard InChI is InChI=1S/C11H16N2O4S/c1-8(2)18(15,16)13-9-3-5-10(6-4-9)17-7-11(12)14/h3-6,8,13H,7H2,1-2H3,(H2,12,14). The van der Waals surface area contributed by atoms with Crippen molar-refractivity contribution in [1.82, 2.24) is 0 Å². The zero-order chi connectivity index (χ0) is 13.8. The maximum Gasteiger partial charge on any atom is 0.255 e. The predicted octanol–water partition coefficient (Wildman–Crippen LogP) is 0.701. The van der Waals surface area contributed by atoms with E-state index in [1.54, 1.807) is 38.1 Å². The van der Waals surface area contributed by atoms with Gasteiger partial charge in [0.2, 0.25) is 10.0 Å². The minimum absolute atomic E-state index is 0.211. The Hall–Kier alpha value is -1.76. The molecule has 0 bridgehead atoms. The maximum atomic E-state index is 11.6. The fourth-order valence-electron chi connectivity index (χ4n) is 1.06. The van der Waals surface area contributed by atoms with Gasteiger partial charge in [-0.05, 0) is 38.1 Å². The second-order valence-electron chi connectivity index (χ2n) is 3.98. The molecule has 1 aromatic carbocycles. The number of hydrogen-bond donors (Lipinski definition) is 2. The fourth-order valence-corrected chi connectivity index (χ4v) is 1.76. The first kappa shape index (κ1) is 14.3. The van der Waals surface area contributed by atoms with E-state index in [4.69, 9.17) is 10.5 Å². The van der Waals surface area contributed by atoms with Gasteiger partial charge in [0.05, 0.1) is 5.25 Å². The largest absolute Gasteiger partial charge is 0.484 e. The summed E-state index contributed by atoms with van der Waals surface area (Å²) in [6.45, 7) is 2.97. The van der Waals surface area contributed by atoms with Crippen molar-refractivity contribution in [3.8, 4) is 5.75 Å². The average molecular weight is 272 g/mol. The lowest BCUT2D eigenvalue weighted by atomic mass is 10.3. The molecule has 0 spiro atoms. The molecule has 0 heterocycles. The quantitative estimate of drug-likeness (QED) is 0.796. The Morgan fingerprint density at radius 2 is 1.89 bits per heavy atom. The number of ether oxygens (including phenoxy) is 1. The van der Waals surface area contributed by atoms with Crippen molar-refractivity contribution in [2.75, 3.05) is 11.3 Å². The summed E-state index contributed by atoms with van der Waals surface area (Å²) in [5.74, 6) is -0.124. The Labute approximate surface area is 106 Å². The van der Waals surface area contributed by atoms with Crippen LogP contribution >= 0.6 is 0 Å². The summed E-state index contributed by atoms with van der Waals surface area (Å²) < 4.78 is 30.7. The number of amides is 1. The van der Waals surface area contributed by atoms with Crippen LogP contribution in [0.15, 0.2) is 24.3 Å². The van der Waals surface area contributed by atoms with Crippen LogP contribution in [0.25, 0.3) is 0 Å². The van der Waals surface area contributed by atoms with E-state index < -0.39 is 21.2 Å². The van der Waals surface area contributed by atoms with Crippen LogP contribution in [0.5, 0.6) is 5.75 Å². The first-order chi connectivity index (χ1) is 8.31. The lowest BCUT2D eigenvalue weighted by Gasteiger charge is -2.11. The van der Waals surface area contributed by atoms with Crippen LogP contribution in [0.3, 0.4) is 0 Å². The van der Waals surface area contributed by atoms with Crippen molar-refractivity contribution in [3.63, 3.8) is 0 Å². The van der Waals surface area contributed by atoms with E-state index in [0.29, 0.717) is 11.4 Å². The molecule has 0 unspecified atom stereocenters. The molecule has 6 nitrogen and oxygen atoms in total. The molecular formula is C11H16N2O4S. The first-order valence-electron chi connectivity index (χ1n) is 5.34. The van der Waals surface area contributed by atoms with Crippen LogP contribution in [-0.4, -0.2) is 26.2 Å². The number of anilines is 1. The zero-order valence-corrected chi connectivity index (χ0v) is 11.0. The van der Waals surface area contributed by atoms with Gasteiger partial charge >= 0.3 is 0 Å². The van der Waals surface area contributed by atoms with Crippen LogP contribution in [0.4, 0.5) is 5.69 Å². The van der Waals surface area contributed by atoms with E-state index in [2.05, 4.69) is 4.72 Å². The molecule has 0 aliphatic rings. The molecule has 1 rings (SSSR count). The third kappa shape index (κ3) is 4.25. The zero-order valence-electron chi connectivity index (χ0n) is 10.2. The van der Waals surface area contributed by atoms with Gasteiger partial charge in [-0.3, -0.25) is 9.52 Å². The molecule has 0 fully saturated rings. The number of benzene rings is 1. The number of nitrogens with two attached hydrogens (primary N) is 1. The third-order valence-corrected chi connectivity index (χ3v) is 3.88. The molecule has 1 aromatic rings. The van der Waals surface area contributed by atoms with Gasteiger partial charge in [-0.15, -0.1) is 0 Å². The molecular weight excluding hydrogens is 256 g/mol. The molecule has 0 radical (unpaired) electrons. The van der Waals surface area contributed by atoms with E-state index in [1.807, 2.05) is 0 Å². The summed E-state index contributed by atoms with van der Waals surface area (Å²) >= 11 is 0. The van der Waals surface area contributed by atoms with Crippen molar-refractivity contribution in [3.05, 3.63) is 24.3 Å². The lowest BCUT2D eigenvalue weighted by Crippen LogP contribution is -2.22. The molecule has 0 saturated carbocycles. The summed E-state index contributed by atoms with van der Waals surface area (Å²) in [6.07, 6.45) is 0. The molecule has 100 valence electrons. The SMILES string of the molecule is CC(C)S(=O)(=O)Nc1ccc(OCC(N)=O)cc1. The van der Waals surface area contributed by atoms with Crippen molar-refractivity contribution < 1.29 is 17.9 Å². The maximum absolute atomic E-state index is 11.6. The van der Waals surface area contributed by atoms with Crippen molar-refractivity contribution in [2.24, 2.45) is 5.73 Å². The summed E-state index contributed by atoms with van der Waals surface area (Å²) in [6, 6.07) is 6.22. The van der Waals surface area contributed by atoms with Crippen molar-refractivity contribution in [1.29, 1.82) is 0 Å². The number of hydrogen-bond acceptors (Lipinski definition) is 4. The molecule has 1 amide bonds. The summed E-state index contributed by atoms with van der Waals surface area (Å²) in [7, 11) is -3.35. The van der Waals surface area contributed by atoms with Crippen molar-refractivity contribution in [2.45, 2.75) is 19.1 Å². The molecule has 3 N–H and O–H groups in total. The fraction of sp³-hybridized carbons (Fsp3) is 0.364. The van der Waals surface area contributed by atoms with Gasteiger partial charge in [0.25, 0.3) is 5.91 Å². The molecule has 0 aliphatic heterocycles. The molecule has 0 saturated heterocycles. The van der Waals surface area contributed by atoms with Gasteiger partial charge in [0.1, 0.15) is 5.75 Å². The van der Waals surface area contributed by atoms with E-state index in [0.717, 1.165) is 0 Å². The number of sulfonamides is 1. The highest BCUT2D eigenvalue weighted by Gasteiger charge is 2.15. The minimum atomic E-state index is -3.35. The van der Waals surface area contributed by atoms with Gasteiger partial charge in [-0.25, -0.2) is 8.42 Å². The normalized spacial score (nSPS) is 11.3. The molecule has 7 heteroatoms. The highest BCUT2D eigenvalue weighted by atomic mass is 32.2. The van der Waals surface area contributed by atoms with Gasteiger partial charge < -0.3 is 10.5 Å². The predicted molar refractivity (Wildman–Crippen MR) is 68.8 cm³/mol. The van der Waals surface area contributed by atoms with E-state index in [-0.39, 0.29) is 6.61 Å². The molecule has 0 aliphatic carbocycles.